The van der Waals surface area contributed by atoms with Gasteiger partial charge in [-0.05, 0) is 85.0 Å². The first-order valence-corrected chi connectivity index (χ1v) is 10.5. The fourth-order valence-electron chi connectivity index (χ4n) is 2.99. The average molecular weight is 447 g/mol. The van der Waals surface area contributed by atoms with Gasteiger partial charge in [-0.2, -0.15) is 0 Å². The Bertz CT molecular complexity index is 1130. The molecule has 0 fully saturated rings. The molecule has 0 N–H and O–H groups in total. The summed E-state index contributed by atoms with van der Waals surface area (Å²) in [5, 5.41) is 0.742. The summed E-state index contributed by atoms with van der Waals surface area (Å²) in [6.07, 6.45) is 7.10. The van der Waals surface area contributed by atoms with Gasteiger partial charge in [-0.25, -0.2) is 9.59 Å². The molecule has 0 aliphatic carbocycles. The Kier molecular flexibility index (Phi) is 8.01. The summed E-state index contributed by atoms with van der Waals surface area (Å²) in [7, 11) is 0. The molecule has 5 heteroatoms. The Morgan fingerprint density at radius 1 is 0.969 bits per heavy atom. The van der Waals surface area contributed by atoms with Gasteiger partial charge in [0, 0.05) is 11.1 Å². The van der Waals surface area contributed by atoms with Crippen molar-refractivity contribution >= 4 is 29.6 Å². The highest BCUT2D eigenvalue weighted by Crippen LogP contribution is 2.22. The zero-order valence-electron chi connectivity index (χ0n) is 17.7. The maximum Gasteiger partial charge on any atom is 0.343 e. The molecule has 162 valence electrons. The number of esters is 2. The second-order valence-corrected chi connectivity index (χ2v) is 7.57. The summed E-state index contributed by atoms with van der Waals surface area (Å²) >= 11 is 5.91. The molecule has 0 bridgehead atoms. The van der Waals surface area contributed by atoms with Crippen molar-refractivity contribution in [2.75, 3.05) is 0 Å². The molecule has 0 saturated heterocycles. The number of carbonyl (C=O) groups excluding carboxylic acids is 2. The van der Waals surface area contributed by atoms with Gasteiger partial charge in [-0.3, -0.25) is 0 Å². The number of aryl methyl sites for hydroxylation is 2. The largest absolute Gasteiger partial charge is 0.423 e. The molecule has 3 aromatic carbocycles. The van der Waals surface area contributed by atoms with Crippen LogP contribution in [-0.2, 0) is 11.2 Å². The Morgan fingerprint density at radius 2 is 1.69 bits per heavy atom. The van der Waals surface area contributed by atoms with Gasteiger partial charge in [-0.15, -0.1) is 0 Å². The molecule has 3 aromatic rings. The molecule has 0 spiro atoms. The van der Waals surface area contributed by atoms with E-state index >= 15 is 0 Å². The van der Waals surface area contributed by atoms with Crippen LogP contribution in [-0.4, -0.2) is 11.9 Å². The molecule has 32 heavy (non-hydrogen) atoms. The SMILES string of the molecule is C=CC(=O)Oc1ccc(C(=O)Oc2ccc(/C=C/CCc3ccc(Cl)cc3)cc2C)cc1. The molecule has 0 heterocycles. The monoisotopic (exact) mass is 446 g/mol. The second kappa shape index (κ2) is 11.1. The van der Waals surface area contributed by atoms with Crippen molar-refractivity contribution in [2.45, 2.75) is 19.8 Å². The van der Waals surface area contributed by atoms with E-state index in [1.165, 1.54) is 17.7 Å². The summed E-state index contributed by atoms with van der Waals surface area (Å²) in [6.45, 7) is 5.24. The first-order chi connectivity index (χ1) is 15.4. The highest BCUT2D eigenvalue weighted by molar-refractivity contribution is 6.30. The summed E-state index contributed by atoms with van der Waals surface area (Å²) in [6, 6.07) is 19.7. The van der Waals surface area contributed by atoms with Crippen LogP contribution in [0, 0.1) is 6.92 Å². The molecule has 3 rings (SSSR count). The standard InChI is InChI=1S/C27H23ClO4/c1-3-26(29)31-24-15-11-22(12-16-24)27(30)32-25-17-10-21(18-19(25)2)7-5-4-6-20-8-13-23(28)14-9-20/h3,5,7-18H,1,4,6H2,2H3/b7-5+. The van der Waals surface area contributed by atoms with Gasteiger partial charge in [0.15, 0.2) is 0 Å². The molecule has 0 atom stereocenters. The van der Waals surface area contributed by atoms with Crippen molar-refractivity contribution in [3.8, 4) is 11.5 Å². The van der Waals surface area contributed by atoms with Crippen LogP contribution in [0.3, 0.4) is 0 Å². The van der Waals surface area contributed by atoms with Crippen LogP contribution in [0.2, 0.25) is 5.02 Å². The summed E-state index contributed by atoms with van der Waals surface area (Å²) in [4.78, 5) is 23.7. The molecular formula is C27H23ClO4. The van der Waals surface area contributed by atoms with E-state index in [0.29, 0.717) is 17.1 Å². The third-order valence-electron chi connectivity index (χ3n) is 4.70. The first kappa shape index (κ1) is 23.0. The zero-order chi connectivity index (χ0) is 22.9. The van der Waals surface area contributed by atoms with Gasteiger partial charge in [0.25, 0.3) is 0 Å². The minimum Gasteiger partial charge on any atom is -0.423 e. The fourth-order valence-corrected chi connectivity index (χ4v) is 3.11. The number of halogens is 1. The van der Waals surface area contributed by atoms with Crippen LogP contribution in [0.15, 0.2) is 85.5 Å². The summed E-state index contributed by atoms with van der Waals surface area (Å²) in [5.41, 5.74) is 3.49. The number of benzene rings is 3. The Labute approximate surface area is 192 Å². The lowest BCUT2D eigenvalue weighted by molar-refractivity contribution is -0.128. The maximum absolute atomic E-state index is 12.4. The lowest BCUT2D eigenvalue weighted by Gasteiger charge is -2.09. The summed E-state index contributed by atoms with van der Waals surface area (Å²) in [5.74, 6) is -0.221. The van der Waals surface area contributed by atoms with Crippen molar-refractivity contribution in [3.05, 3.63) is 113 Å². The molecule has 4 nitrogen and oxygen atoms in total. The molecule has 0 amide bonds. The minimum atomic E-state index is -0.560. The summed E-state index contributed by atoms with van der Waals surface area (Å²) < 4.78 is 10.5. The zero-order valence-corrected chi connectivity index (χ0v) is 18.5. The van der Waals surface area contributed by atoms with E-state index in [1.54, 1.807) is 18.2 Å². The highest BCUT2D eigenvalue weighted by atomic mass is 35.5. The number of allylic oxidation sites excluding steroid dienone is 1. The van der Waals surface area contributed by atoms with E-state index in [9.17, 15) is 9.59 Å². The van der Waals surface area contributed by atoms with Gasteiger partial charge >= 0.3 is 11.9 Å². The number of rotatable bonds is 8. The maximum atomic E-state index is 12.4. The smallest absolute Gasteiger partial charge is 0.343 e. The van der Waals surface area contributed by atoms with Gasteiger partial charge in [0.2, 0.25) is 0 Å². The molecule has 0 aromatic heterocycles. The van der Waals surface area contributed by atoms with Gasteiger partial charge < -0.3 is 9.47 Å². The predicted octanol–water partition coefficient (Wildman–Crippen LogP) is 6.61. The molecule has 0 aliphatic heterocycles. The number of ether oxygens (including phenoxy) is 2. The Balaban J connectivity index is 1.56. The van der Waals surface area contributed by atoms with Crippen LogP contribution in [0.5, 0.6) is 11.5 Å². The number of hydrogen-bond acceptors (Lipinski definition) is 4. The molecule has 0 aliphatic rings. The number of hydrogen-bond donors (Lipinski definition) is 0. The van der Waals surface area contributed by atoms with Crippen LogP contribution >= 0.6 is 11.6 Å². The van der Waals surface area contributed by atoms with Gasteiger partial charge in [-0.1, -0.05) is 48.5 Å². The third kappa shape index (κ3) is 6.69. The lowest BCUT2D eigenvalue weighted by atomic mass is 10.1. The van der Waals surface area contributed by atoms with Crippen LogP contribution < -0.4 is 9.47 Å². The fraction of sp³-hybridized carbons (Fsp3) is 0.111. The quantitative estimate of drug-likeness (QED) is 0.222. The van der Waals surface area contributed by atoms with E-state index in [1.807, 2.05) is 43.3 Å². The topological polar surface area (TPSA) is 52.6 Å². The second-order valence-electron chi connectivity index (χ2n) is 7.13. The van der Waals surface area contributed by atoms with E-state index in [0.717, 1.165) is 35.1 Å². The van der Waals surface area contributed by atoms with Crippen LogP contribution in [0.1, 0.15) is 33.5 Å². The van der Waals surface area contributed by atoms with Crippen molar-refractivity contribution in [1.29, 1.82) is 0 Å². The van der Waals surface area contributed by atoms with Gasteiger partial charge in [0.1, 0.15) is 11.5 Å². The van der Waals surface area contributed by atoms with E-state index in [-0.39, 0.29) is 0 Å². The molecule has 0 radical (unpaired) electrons. The molecule has 0 unspecified atom stereocenters. The van der Waals surface area contributed by atoms with Crippen LogP contribution in [0.4, 0.5) is 0 Å². The molecule has 0 saturated carbocycles. The van der Waals surface area contributed by atoms with E-state index in [2.05, 4.69) is 18.7 Å². The Morgan fingerprint density at radius 3 is 2.34 bits per heavy atom. The van der Waals surface area contributed by atoms with E-state index < -0.39 is 11.9 Å². The molecular weight excluding hydrogens is 424 g/mol. The first-order valence-electron chi connectivity index (χ1n) is 10.1. The minimum absolute atomic E-state index is 0.329. The van der Waals surface area contributed by atoms with Crippen molar-refractivity contribution in [2.24, 2.45) is 0 Å². The lowest BCUT2D eigenvalue weighted by Crippen LogP contribution is -2.09. The third-order valence-corrected chi connectivity index (χ3v) is 4.95. The van der Waals surface area contributed by atoms with E-state index in [4.69, 9.17) is 21.1 Å². The Hall–Kier alpha value is -3.63. The predicted molar refractivity (Wildman–Crippen MR) is 127 cm³/mol. The average Bonchev–Trinajstić information content (AvgIpc) is 2.80. The van der Waals surface area contributed by atoms with Crippen molar-refractivity contribution < 1.29 is 19.1 Å². The highest BCUT2D eigenvalue weighted by Gasteiger charge is 2.11. The van der Waals surface area contributed by atoms with Crippen molar-refractivity contribution in [3.63, 3.8) is 0 Å². The number of carbonyl (C=O) groups is 2. The van der Waals surface area contributed by atoms with Crippen molar-refractivity contribution in [1.82, 2.24) is 0 Å². The normalized spacial score (nSPS) is 10.7. The van der Waals surface area contributed by atoms with Gasteiger partial charge in [0.05, 0.1) is 5.56 Å². The van der Waals surface area contributed by atoms with Crippen LogP contribution in [0.25, 0.3) is 6.08 Å².